The molecule has 0 saturated heterocycles. The highest BCUT2D eigenvalue weighted by Crippen LogP contribution is 2.43. The van der Waals surface area contributed by atoms with E-state index in [1.165, 1.54) is 0 Å². The summed E-state index contributed by atoms with van der Waals surface area (Å²) in [7, 11) is 0. The Balaban J connectivity index is 0.000001000. The van der Waals surface area contributed by atoms with E-state index in [1.54, 1.807) is 0 Å². The van der Waals surface area contributed by atoms with E-state index in [-0.39, 0.29) is 31.2 Å². The molecule has 2 N–H and O–H groups in total. The van der Waals surface area contributed by atoms with Gasteiger partial charge in [0.05, 0.1) is 6.04 Å². The third-order valence-electron chi connectivity index (χ3n) is 1.82. The first-order valence-corrected chi connectivity index (χ1v) is 3.15. The van der Waals surface area contributed by atoms with Crippen LogP contribution in [0.1, 0.15) is 12.8 Å². The summed E-state index contributed by atoms with van der Waals surface area (Å²) in [6.45, 7) is 0. The van der Waals surface area contributed by atoms with E-state index in [2.05, 4.69) is 5.92 Å². The highest BCUT2D eigenvalue weighted by Gasteiger charge is 2.47. The Morgan fingerprint density at radius 2 is 2.00 bits per heavy atom. The number of rotatable bonds is 1. The van der Waals surface area contributed by atoms with Crippen LogP contribution in [0.15, 0.2) is 0 Å². The van der Waals surface area contributed by atoms with Crippen LogP contribution in [-0.4, -0.2) is 12.0 Å². The number of terminal acetylenes is 1. The van der Waals surface area contributed by atoms with E-state index < -0.39 is 12.0 Å². The summed E-state index contributed by atoms with van der Waals surface area (Å²) in [6, 6.07) is -0.486. The van der Waals surface area contributed by atoms with Crippen LogP contribution in [0.4, 0.5) is 8.78 Å². The largest absolute Gasteiger partial charge is 0.317 e. The van der Waals surface area contributed by atoms with Gasteiger partial charge in [-0.2, -0.15) is 0 Å². The lowest BCUT2D eigenvalue weighted by Crippen LogP contribution is -2.45. The lowest BCUT2D eigenvalue weighted by Gasteiger charge is -2.36. The Kier molecular flexibility index (Phi) is 3.28. The van der Waals surface area contributed by atoms with Crippen molar-refractivity contribution >= 4 is 12.4 Å². The number of nitrogens with two attached hydrogens (primary N) is 1. The minimum Gasteiger partial charge on any atom is -0.317 e. The maximum absolute atomic E-state index is 12.2. The fraction of sp³-hybridized carbons (Fsp3) is 0.714. The minimum absolute atomic E-state index is 0. The molecule has 0 bridgehead atoms. The van der Waals surface area contributed by atoms with Gasteiger partial charge in [-0.3, -0.25) is 0 Å². The lowest BCUT2D eigenvalue weighted by molar-refractivity contribution is -0.112. The SMILES string of the molecule is C#CC(N)C1CC(F)(F)C1.Cl. The molecule has 0 aromatic carbocycles. The fourth-order valence-electron chi connectivity index (χ4n) is 1.10. The third kappa shape index (κ3) is 2.32. The van der Waals surface area contributed by atoms with Gasteiger partial charge >= 0.3 is 0 Å². The maximum atomic E-state index is 12.2. The molecule has 0 heterocycles. The molecule has 0 radical (unpaired) electrons. The average Bonchev–Trinajstić information content (AvgIpc) is 1.81. The normalized spacial score (nSPS) is 24.2. The van der Waals surface area contributed by atoms with E-state index in [4.69, 9.17) is 12.2 Å². The first-order chi connectivity index (χ1) is 4.55. The molecule has 0 spiro atoms. The predicted octanol–water partition coefficient (Wildman–Crippen LogP) is 1.41. The van der Waals surface area contributed by atoms with Crippen molar-refractivity contribution < 1.29 is 8.78 Å². The zero-order chi connectivity index (χ0) is 7.78. The summed E-state index contributed by atoms with van der Waals surface area (Å²) in [6.07, 6.45) is 4.67. The van der Waals surface area contributed by atoms with Crippen LogP contribution in [-0.2, 0) is 0 Å². The zero-order valence-corrected chi connectivity index (χ0v) is 6.70. The third-order valence-corrected chi connectivity index (χ3v) is 1.82. The molecule has 1 saturated carbocycles. The second kappa shape index (κ2) is 3.38. The molecular weight excluding hydrogens is 172 g/mol. The second-order valence-corrected chi connectivity index (χ2v) is 2.72. The Hall–Kier alpha value is -0.330. The predicted molar refractivity (Wildman–Crippen MR) is 41.7 cm³/mol. The summed E-state index contributed by atoms with van der Waals surface area (Å²) in [5.41, 5.74) is 5.33. The van der Waals surface area contributed by atoms with Crippen LogP contribution < -0.4 is 5.73 Å². The van der Waals surface area contributed by atoms with Crippen molar-refractivity contribution in [3.63, 3.8) is 0 Å². The molecule has 0 aliphatic heterocycles. The van der Waals surface area contributed by atoms with Crippen molar-refractivity contribution in [3.05, 3.63) is 0 Å². The molecule has 1 aliphatic carbocycles. The first-order valence-electron chi connectivity index (χ1n) is 3.15. The van der Waals surface area contributed by atoms with E-state index in [9.17, 15) is 8.78 Å². The number of alkyl halides is 2. The van der Waals surface area contributed by atoms with Gasteiger partial charge in [-0.25, -0.2) is 8.78 Å². The van der Waals surface area contributed by atoms with E-state index in [0.717, 1.165) is 0 Å². The standard InChI is InChI=1S/C7H9F2N.ClH/c1-2-6(10)5-3-7(8,9)4-5;/h1,5-6H,3-4,10H2;1H. The van der Waals surface area contributed by atoms with Gasteiger partial charge in [0, 0.05) is 12.8 Å². The van der Waals surface area contributed by atoms with Gasteiger partial charge in [0.1, 0.15) is 0 Å². The molecule has 11 heavy (non-hydrogen) atoms. The number of halogens is 3. The van der Waals surface area contributed by atoms with Gasteiger partial charge in [-0.15, -0.1) is 18.8 Å². The van der Waals surface area contributed by atoms with Gasteiger partial charge in [-0.05, 0) is 5.92 Å². The maximum Gasteiger partial charge on any atom is 0.248 e. The van der Waals surface area contributed by atoms with E-state index in [0.29, 0.717) is 0 Å². The molecule has 1 atom stereocenters. The fourth-order valence-corrected chi connectivity index (χ4v) is 1.10. The summed E-state index contributed by atoms with van der Waals surface area (Å²) in [5, 5.41) is 0. The number of hydrogen-bond donors (Lipinski definition) is 1. The van der Waals surface area contributed by atoms with Crippen LogP contribution in [0.5, 0.6) is 0 Å². The summed E-state index contributed by atoms with van der Waals surface area (Å²) < 4.78 is 24.3. The van der Waals surface area contributed by atoms with Crippen LogP contribution in [0, 0.1) is 18.3 Å². The van der Waals surface area contributed by atoms with Crippen LogP contribution in [0.2, 0.25) is 0 Å². The highest BCUT2D eigenvalue weighted by molar-refractivity contribution is 5.85. The van der Waals surface area contributed by atoms with E-state index >= 15 is 0 Å². The van der Waals surface area contributed by atoms with Gasteiger partial charge in [-0.1, -0.05) is 5.92 Å². The van der Waals surface area contributed by atoms with Crippen molar-refractivity contribution in [1.82, 2.24) is 0 Å². The Morgan fingerprint density at radius 3 is 2.27 bits per heavy atom. The Bertz CT molecular complexity index is 168. The van der Waals surface area contributed by atoms with Crippen LogP contribution in [0.25, 0.3) is 0 Å². The highest BCUT2D eigenvalue weighted by atomic mass is 35.5. The average molecular weight is 182 g/mol. The first kappa shape index (κ1) is 10.7. The molecule has 4 heteroatoms. The molecular formula is C7H10ClF2N. The lowest BCUT2D eigenvalue weighted by atomic mass is 9.77. The van der Waals surface area contributed by atoms with Crippen molar-refractivity contribution in [3.8, 4) is 12.3 Å². The molecule has 1 fully saturated rings. The molecule has 1 rings (SSSR count). The molecule has 1 aliphatic rings. The van der Waals surface area contributed by atoms with Gasteiger partial charge in [0.15, 0.2) is 0 Å². The van der Waals surface area contributed by atoms with Crippen LogP contribution in [0.3, 0.4) is 0 Å². The quantitative estimate of drug-likeness (QED) is 0.609. The molecule has 0 aromatic rings. The molecule has 0 amide bonds. The van der Waals surface area contributed by atoms with E-state index in [1.807, 2.05) is 0 Å². The molecule has 64 valence electrons. The second-order valence-electron chi connectivity index (χ2n) is 2.72. The van der Waals surface area contributed by atoms with Crippen molar-refractivity contribution in [2.45, 2.75) is 24.8 Å². The Morgan fingerprint density at radius 1 is 1.55 bits per heavy atom. The number of hydrogen-bond acceptors (Lipinski definition) is 1. The van der Waals surface area contributed by atoms with Gasteiger partial charge < -0.3 is 5.73 Å². The minimum atomic E-state index is -2.50. The van der Waals surface area contributed by atoms with Gasteiger partial charge in [0.2, 0.25) is 5.92 Å². The molecule has 1 nitrogen and oxygen atoms in total. The van der Waals surface area contributed by atoms with Gasteiger partial charge in [0.25, 0.3) is 0 Å². The summed E-state index contributed by atoms with van der Waals surface area (Å²) in [5.74, 6) is -0.418. The van der Waals surface area contributed by atoms with Crippen LogP contribution >= 0.6 is 12.4 Å². The topological polar surface area (TPSA) is 26.0 Å². The molecule has 1 unspecified atom stereocenters. The summed E-state index contributed by atoms with van der Waals surface area (Å²) in [4.78, 5) is 0. The molecule has 0 aromatic heterocycles. The summed E-state index contributed by atoms with van der Waals surface area (Å²) >= 11 is 0. The van der Waals surface area contributed by atoms with Crippen molar-refractivity contribution in [1.29, 1.82) is 0 Å². The monoisotopic (exact) mass is 181 g/mol. The Labute approximate surface area is 70.7 Å². The smallest absolute Gasteiger partial charge is 0.248 e. The van der Waals surface area contributed by atoms with Crippen molar-refractivity contribution in [2.24, 2.45) is 11.7 Å². The zero-order valence-electron chi connectivity index (χ0n) is 5.89. The van der Waals surface area contributed by atoms with Crippen molar-refractivity contribution in [2.75, 3.05) is 0 Å².